The molecule has 4 saturated carbocycles. The van der Waals surface area contributed by atoms with Gasteiger partial charge in [-0.1, -0.05) is 6.92 Å². The highest BCUT2D eigenvalue weighted by Crippen LogP contribution is 2.70. The van der Waals surface area contributed by atoms with Crippen LogP contribution in [0.3, 0.4) is 0 Å². The third-order valence-electron chi connectivity index (χ3n) is 10.3. The van der Waals surface area contributed by atoms with E-state index in [4.69, 9.17) is 18.9 Å². The Morgan fingerprint density at radius 2 is 1.50 bits per heavy atom. The van der Waals surface area contributed by atoms with Crippen LogP contribution in [0, 0.1) is 34.5 Å². The number of hydrogen-bond donors (Lipinski definition) is 1. The van der Waals surface area contributed by atoms with E-state index in [1.165, 1.54) is 32.1 Å². The molecule has 6 rings (SSSR count). The molecular formula is C23H36O5. The molecule has 2 aliphatic heterocycles. The highest BCUT2D eigenvalue weighted by atomic mass is 16.7. The predicted molar refractivity (Wildman–Crippen MR) is 102 cm³/mol. The van der Waals surface area contributed by atoms with E-state index in [2.05, 4.69) is 6.92 Å². The van der Waals surface area contributed by atoms with Gasteiger partial charge < -0.3 is 24.1 Å². The lowest BCUT2D eigenvalue weighted by Gasteiger charge is -2.62. The molecule has 158 valence electrons. The second-order valence-corrected chi connectivity index (χ2v) is 10.8. The van der Waals surface area contributed by atoms with E-state index in [-0.39, 0.29) is 22.4 Å². The molecule has 6 fully saturated rings. The van der Waals surface area contributed by atoms with Crippen molar-refractivity contribution in [2.24, 2.45) is 34.5 Å². The van der Waals surface area contributed by atoms with E-state index in [0.29, 0.717) is 30.3 Å². The number of hydrogen-bond acceptors (Lipinski definition) is 5. The predicted octanol–water partition coefficient (Wildman–Crippen LogP) is 3.49. The van der Waals surface area contributed by atoms with Crippen molar-refractivity contribution in [2.75, 3.05) is 33.0 Å². The van der Waals surface area contributed by atoms with Crippen LogP contribution < -0.4 is 0 Å². The quantitative estimate of drug-likeness (QED) is 0.740. The third kappa shape index (κ3) is 2.21. The summed E-state index contributed by atoms with van der Waals surface area (Å²) in [5.41, 5.74) is 0.208. The minimum absolute atomic E-state index is 0.0674. The van der Waals surface area contributed by atoms with Gasteiger partial charge in [0.1, 0.15) is 0 Å². The van der Waals surface area contributed by atoms with E-state index in [0.717, 1.165) is 52.1 Å². The highest BCUT2D eigenvalue weighted by Gasteiger charge is 2.68. The number of rotatable bonds is 1. The van der Waals surface area contributed by atoms with E-state index in [1.807, 2.05) is 0 Å². The Kier molecular flexibility index (Phi) is 4.09. The summed E-state index contributed by atoms with van der Waals surface area (Å²) in [5, 5.41) is 10.7. The summed E-state index contributed by atoms with van der Waals surface area (Å²) in [6.07, 6.45) is 10.1. The van der Waals surface area contributed by atoms with Crippen LogP contribution in [-0.2, 0) is 18.9 Å². The molecule has 0 aromatic carbocycles. The molecule has 6 atom stereocenters. The summed E-state index contributed by atoms with van der Waals surface area (Å²) in [7, 11) is 0. The Morgan fingerprint density at radius 3 is 2.25 bits per heavy atom. The minimum atomic E-state index is -0.345. The van der Waals surface area contributed by atoms with Gasteiger partial charge in [0.15, 0.2) is 11.6 Å². The molecule has 1 N–H and O–H groups in total. The normalized spacial score (nSPS) is 51.2. The Hall–Kier alpha value is -0.200. The van der Waals surface area contributed by atoms with Gasteiger partial charge in [-0.3, -0.25) is 0 Å². The summed E-state index contributed by atoms with van der Waals surface area (Å²) in [5.74, 6) is 1.86. The lowest BCUT2D eigenvalue weighted by molar-refractivity contribution is -0.263. The van der Waals surface area contributed by atoms with Crippen LogP contribution in [0.15, 0.2) is 0 Å². The zero-order valence-electron chi connectivity index (χ0n) is 17.3. The lowest BCUT2D eigenvalue weighted by Crippen LogP contribution is -2.60. The van der Waals surface area contributed by atoms with Gasteiger partial charge in [0.2, 0.25) is 0 Å². The second kappa shape index (κ2) is 6.16. The second-order valence-electron chi connectivity index (χ2n) is 10.8. The Balaban J connectivity index is 1.30. The Morgan fingerprint density at radius 1 is 0.786 bits per heavy atom. The summed E-state index contributed by atoms with van der Waals surface area (Å²) in [6.45, 7) is 5.74. The molecule has 0 bridgehead atoms. The summed E-state index contributed by atoms with van der Waals surface area (Å²) in [4.78, 5) is 0. The molecule has 0 aromatic rings. The van der Waals surface area contributed by atoms with Crippen LogP contribution in [0.5, 0.6) is 0 Å². The Bertz CT molecular complexity index is 624. The van der Waals surface area contributed by atoms with E-state index in [9.17, 15) is 5.11 Å². The molecule has 0 unspecified atom stereocenters. The average Bonchev–Trinajstić information content (AvgIpc) is 3.43. The molecule has 2 spiro atoms. The van der Waals surface area contributed by atoms with Gasteiger partial charge in [0.05, 0.1) is 26.4 Å². The third-order valence-corrected chi connectivity index (χ3v) is 10.3. The summed E-state index contributed by atoms with van der Waals surface area (Å²) < 4.78 is 24.7. The van der Waals surface area contributed by atoms with Crippen molar-refractivity contribution >= 4 is 0 Å². The fraction of sp³-hybridized carbons (Fsp3) is 1.00. The van der Waals surface area contributed by atoms with E-state index < -0.39 is 0 Å². The van der Waals surface area contributed by atoms with Gasteiger partial charge in [-0.25, -0.2) is 0 Å². The molecule has 5 heteroatoms. The standard InChI is InChI=1S/C23H36O5/c1-20-6-4-19-17(18(20)5-7-23(20)27-12-13-28-23)3-2-16-14-22(25-10-11-26-22)9-8-21(16,19)15-24/h16-19,24H,2-15H2,1H3/t16-,17+,18+,19+,20+,21-/m1/s1. The van der Waals surface area contributed by atoms with Crippen molar-refractivity contribution in [2.45, 2.75) is 76.3 Å². The topological polar surface area (TPSA) is 57.2 Å². The maximum atomic E-state index is 10.7. The van der Waals surface area contributed by atoms with Gasteiger partial charge in [0.25, 0.3) is 0 Å². The Labute approximate surface area is 168 Å². The number of fused-ring (bicyclic) bond motifs is 6. The molecule has 2 heterocycles. The first kappa shape index (κ1) is 18.6. The number of aliphatic hydroxyl groups excluding tert-OH is 1. The van der Waals surface area contributed by atoms with Crippen LogP contribution in [-0.4, -0.2) is 49.7 Å². The van der Waals surface area contributed by atoms with Gasteiger partial charge in [-0.2, -0.15) is 0 Å². The maximum Gasteiger partial charge on any atom is 0.174 e. The van der Waals surface area contributed by atoms with Crippen molar-refractivity contribution in [3.05, 3.63) is 0 Å². The van der Waals surface area contributed by atoms with Crippen LogP contribution in [0.1, 0.15) is 64.7 Å². The van der Waals surface area contributed by atoms with Crippen LogP contribution in [0.25, 0.3) is 0 Å². The first-order valence-electron chi connectivity index (χ1n) is 11.7. The first-order valence-corrected chi connectivity index (χ1v) is 11.7. The SMILES string of the molecule is C[C@]12CC[C@H]3[C@@H](CC[C@@H]4CC5(CC[C@@]43CO)OCCO5)[C@@H]1CCC21OCCO1. The molecule has 2 saturated heterocycles. The van der Waals surface area contributed by atoms with Gasteiger partial charge in [-0.15, -0.1) is 0 Å². The van der Waals surface area contributed by atoms with E-state index in [1.54, 1.807) is 0 Å². The van der Waals surface area contributed by atoms with Crippen molar-refractivity contribution in [3.63, 3.8) is 0 Å². The molecular weight excluding hydrogens is 356 g/mol. The van der Waals surface area contributed by atoms with Gasteiger partial charge >= 0.3 is 0 Å². The molecule has 0 radical (unpaired) electrons. The smallest absolute Gasteiger partial charge is 0.174 e. The summed E-state index contributed by atoms with van der Waals surface area (Å²) >= 11 is 0. The number of aliphatic hydroxyl groups is 1. The summed E-state index contributed by atoms with van der Waals surface area (Å²) in [6, 6.07) is 0. The van der Waals surface area contributed by atoms with E-state index >= 15 is 0 Å². The lowest BCUT2D eigenvalue weighted by atomic mass is 9.44. The molecule has 5 nitrogen and oxygen atoms in total. The monoisotopic (exact) mass is 392 g/mol. The van der Waals surface area contributed by atoms with Crippen molar-refractivity contribution in [3.8, 4) is 0 Å². The van der Waals surface area contributed by atoms with Crippen LogP contribution >= 0.6 is 0 Å². The highest BCUT2D eigenvalue weighted by molar-refractivity contribution is 5.14. The van der Waals surface area contributed by atoms with Crippen molar-refractivity contribution < 1.29 is 24.1 Å². The van der Waals surface area contributed by atoms with Crippen LogP contribution in [0.2, 0.25) is 0 Å². The maximum absolute atomic E-state index is 10.7. The molecule has 6 aliphatic rings. The fourth-order valence-electron chi connectivity index (χ4n) is 8.95. The molecule has 28 heavy (non-hydrogen) atoms. The average molecular weight is 393 g/mol. The van der Waals surface area contributed by atoms with Gasteiger partial charge in [0, 0.05) is 31.3 Å². The minimum Gasteiger partial charge on any atom is -0.396 e. The van der Waals surface area contributed by atoms with Crippen molar-refractivity contribution in [1.82, 2.24) is 0 Å². The molecule has 4 aliphatic carbocycles. The first-order chi connectivity index (χ1) is 13.6. The molecule has 0 amide bonds. The number of ether oxygens (including phenoxy) is 4. The van der Waals surface area contributed by atoms with Crippen LogP contribution in [0.4, 0.5) is 0 Å². The largest absolute Gasteiger partial charge is 0.396 e. The zero-order chi connectivity index (χ0) is 19.0. The van der Waals surface area contributed by atoms with Crippen molar-refractivity contribution in [1.29, 1.82) is 0 Å². The molecule has 0 aromatic heterocycles. The fourth-order valence-corrected chi connectivity index (χ4v) is 8.95. The van der Waals surface area contributed by atoms with Gasteiger partial charge in [-0.05, 0) is 67.6 Å². The zero-order valence-corrected chi connectivity index (χ0v) is 17.3.